The molecule has 3 aromatic rings. The molecule has 238 valence electrons. The van der Waals surface area contributed by atoms with Gasteiger partial charge in [0, 0.05) is 34.4 Å². The maximum absolute atomic E-state index is 6.61. The molecule has 1 aromatic heterocycles. The number of fused-ring (bicyclic) bond motifs is 3. The second-order valence-corrected chi connectivity index (χ2v) is 14.0. The summed E-state index contributed by atoms with van der Waals surface area (Å²) in [6.45, 7) is 14.8. The van der Waals surface area contributed by atoms with Crippen LogP contribution in [0.4, 0.5) is 0 Å². The number of unbranched alkanes of at least 4 members (excludes halogenated alkanes) is 14. The van der Waals surface area contributed by atoms with Crippen LogP contribution in [0.25, 0.3) is 21.8 Å². The van der Waals surface area contributed by atoms with Gasteiger partial charge in [-0.3, -0.25) is 0 Å². The molecule has 1 fully saturated rings. The quantitative estimate of drug-likeness (QED) is 0.0971. The van der Waals surface area contributed by atoms with Gasteiger partial charge in [-0.25, -0.2) is 0 Å². The fourth-order valence-electron chi connectivity index (χ4n) is 6.43. The second-order valence-electron chi connectivity index (χ2n) is 14.0. The first-order valence-electron chi connectivity index (χ1n) is 17.8. The summed E-state index contributed by atoms with van der Waals surface area (Å²) < 4.78 is 22.3. The van der Waals surface area contributed by atoms with Crippen molar-refractivity contribution in [3.05, 3.63) is 36.4 Å². The number of rotatable bonds is 20. The van der Waals surface area contributed by atoms with E-state index in [9.17, 15) is 0 Å². The molecule has 0 bridgehead atoms. The highest BCUT2D eigenvalue weighted by atomic mass is 16.7. The minimum atomic E-state index is -0.446. The Balaban J connectivity index is 1.53. The van der Waals surface area contributed by atoms with Gasteiger partial charge in [0.15, 0.2) is 0 Å². The van der Waals surface area contributed by atoms with Crippen molar-refractivity contribution in [3.8, 4) is 5.75 Å². The van der Waals surface area contributed by atoms with Crippen molar-refractivity contribution in [2.24, 2.45) is 0 Å². The highest BCUT2D eigenvalue weighted by Gasteiger charge is 2.52. The van der Waals surface area contributed by atoms with Gasteiger partial charge in [0.25, 0.3) is 0 Å². The third kappa shape index (κ3) is 8.82. The highest BCUT2D eigenvalue weighted by Crippen LogP contribution is 2.39. The fourth-order valence-corrected chi connectivity index (χ4v) is 6.43. The molecule has 5 heteroatoms. The number of aryl methyl sites for hydroxylation is 1. The van der Waals surface area contributed by atoms with E-state index in [4.69, 9.17) is 14.0 Å². The number of nitrogens with zero attached hydrogens (tertiary/aromatic N) is 1. The molecular formula is C38H60BNO3. The van der Waals surface area contributed by atoms with Crippen LogP contribution in [0, 0.1) is 0 Å². The number of aromatic nitrogens is 1. The molecular weight excluding hydrogens is 529 g/mol. The zero-order valence-corrected chi connectivity index (χ0v) is 28.4. The Morgan fingerprint density at radius 2 is 1.16 bits per heavy atom. The van der Waals surface area contributed by atoms with Crippen molar-refractivity contribution in [1.29, 1.82) is 0 Å². The van der Waals surface area contributed by atoms with Gasteiger partial charge >= 0.3 is 7.12 Å². The van der Waals surface area contributed by atoms with Crippen molar-refractivity contribution in [2.75, 3.05) is 6.61 Å². The van der Waals surface area contributed by atoms with E-state index < -0.39 is 18.3 Å². The molecule has 1 aliphatic heterocycles. The molecule has 0 N–H and O–H groups in total. The molecule has 0 spiro atoms. The standard InChI is InChI=1S/C38H60BNO3/c1-7-9-11-13-15-17-19-23-27-40-34-26-22-21-25-31(34)32-29-33(39-42-37(3,4)38(5,6)43-39)36(30-35(32)40)41-28-24-20-18-16-14-12-10-8-2/h21-22,25-26,29-30H,7-20,23-24,27-28H2,1-6H3. The van der Waals surface area contributed by atoms with Crippen molar-refractivity contribution >= 4 is 34.4 Å². The van der Waals surface area contributed by atoms with Gasteiger partial charge in [0.1, 0.15) is 5.75 Å². The Morgan fingerprint density at radius 1 is 0.628 bits per heavy atom. The van der Waals surface area contributed by atoms with E-state index in [1.807, 2.05) is 0 Å². The van der Waals surface area contributed by atoms with Gasteiger partial charge in [-0.15, -0.1) is 0 Å². The Kier molecular flexibility index (Phi) is 12.9. The maximum Gasteiger partial charge on any atom is 0.498 e. The molecule has 4 rings (SSSR count). The van der Waals surface area contributed by atoms with E-state index >= 15 is 0 Å². The molecule has 0 aliphatic carbocycles. The van der Waals surface area contributed by atoms with Gasteiger partial charge in [0.05, 0.1) is 23.3 Å². The van der Waals surface area contributed by atoms with Crippen molar-refractivity contribution in [3.63, 3.8) is 0 Å². The third-order valence-corrected chi connectivity index (χ3v) is 9.90. The smallest absolute Gasteiger partial charge is 0.494 e. The van der Waals surface area contributed by atoms with Crippen molar-refractivity contribution in [1.82, 2.24) is 4.57 Å². The van der Waals surface area contributed by atoms with Crippen LogP contribution in [0.3, 0.4) is 0 Å². The Labute approximate surface area is 263 Å². The van der Waals surface area contributed by atoms with E-state index in [2.05, 4.69) is 82.5 Å². The minimum absolute atomic E-state index is 0.397. The van der Waals surface area contributed by atoms with E-state index in [0.717, 1.165) is 30.8 Å². The predicted molar refractivity (Wildman–Crippen MR) is 186 cm³/mol. The summed E-state index contributed by atoms with van der Waals surface area (Å²) in [7, 11) is -0.446. The van der Waals surface area contributed by atoms with Crippen molar-refractivity contribution in [2.45, 2.75) is 162 Å². The van der Waals surface area contributed by atoms with E-state index in [1.165, 1.54) is 118 Å². The first-order valence-corrected chi connectivity index (χ1v) is 17.8. The largest absolute Gasteiger partial charge is 0.498 e. The summed E-state index contributed by atoms with van der Waals surface area (Å²) >= 11 is 0. The molecule has 0 radical (unpaired) electrons. The zero-order chi connectivity index (χ0) is 30.7. The van der Waals surface area contributed by atoms with Crippen LogP contribution in [0.5, 0.6) is 5.75 Å². The summed E-state index contributed by atoms with van der Waals surface area (Å²) in [6, 6.07) is 13.4. The lowest BCUT2D eigenvalue weighted by Crippen LogP contribution is -2.41. The third-order valence-electron chi connectivity index (χ3n) is 9.90. The number of hydrogen-bond donors (Lipinski definition) is 0. The molecule has 0 saturated carbocycles. The average Bonchev–Trinajstić information content (AvgIpc) is 3.40. The molecule has 0 atom stereocenters. The molecule has 4 nitrogen and oxygen atoms in total. The lowest BCUT2D eigenvalue weighted by molar-refractivity contribution is 0.00578. The van der Waals surface area contributed by atoms with Crippen molar-refractivity contribution < 1.29 is 14.0 Å². The Bertz CT molecular complexity index is 1250. The zero-order valence-electron chi connectivity index (χ0n) is 28.4. The topological polar surface area (TPSA) is 32.6 Å². The van der Waals surface area contributed by atoms with E-state index in [1.54, 1.807) is 0 Å². The monoisotopic (exact) mass is 589 g/mol. The first-order chi connectivity index (χ1) is 20.8. The maximum atomic E-state index is 6.61. The van der Waals surface area contributed by atoms with Crippen LogP contribution in [0.15, 0.2) is 36.4 Å². The SMILES string of the molecule is CCCCCCCCCCOc1cc2c(cc1B1OC(C)(C)C(C)(C)O1)c1ccccc1n2CCCCCCCCCC. The van der Waals surface area contributed by atoms with Gasteiger partial charge in [-0.2, -0.15) is 0 Å². The van der Waals surface area contributed by atoms with E-state index in [-0.39, 0.29) is 0 Å². The van der Waals surface area contributed by atoms with Crippen LogP contribution in [-0.2, 0) is 15.9 Å². The molecule has 1 aliphatic rings. The summed E-state index contributed by atoms with van der Waals surface area (Å²) in [5.41, 5.74) is 2.79. The van der Waals surface area contributed by atoms with Crippen LogP contribution >= 0.6 is 0 Å². The molecule has 2 aromatic carbocycles. The highest BCUT2D eigenvalue weighted by molar-refractivity contribution is 6.63. The normalized spacial score (nSPS) is 16.1. The average molecular weight is 590 g/mol. The van der Waals surface area contributed by atoms with Gasteiger partial charge in [-0.1, -0.05) is 122 Å². The van der Waals surface area contributed by atoms with E-state index in [0.29, 0.717) is 0 Å². The van der Waals surface area contributed by atoms with Crippen LogP contribution < -0.4 is 10.2 Å². The number of hydrogen-bond acceptors (Lipinski definition) is 3. The summed E-state index contributed by atoms with van der Waals surface area (Å²) in [5.74, 6) is 0.911. The first kappa shape index (κ1) is 33.9. The second kappa shape index (κ2) is 16.4. The predicted octanol–water partition coefficient (Wildman–Crippen LogP) is 10.8. The van der Waals surface area contributed by atoms with Gasteiger partial charge in [0.2, 0.25) is 0 Å². The van der Waals surface area contributed by atoms with Crippen LogP contribution in [0.2, 0.25) is 0 Å². The summed E-state index contributed by atoms with van der Waals surface area (Å²) in [5, 5.41) is 2.56. The number of benzene rings is 2. The summed E-state index contributed by atoms with van der Waals surface area (Å²) in [4.78, 5) is 0. The Hall–Kier alpha value is -1.98. The molecule has 0 amide bonds. The fraction of sp³-hybridized carbons (Fsp3) is 0.684. The Morgan fingerprint density at radius 3 is 1.77 bits per heavy atom. The van der Waals surface area contributed by atoms with Crippen LogP contribution in [-0.4, -0.2) is 29.5 Å². The lowest BCUT2D eigenvalue weighted by atomic mass is 9.77. The molecule has 1 saturated heterocycles. The van der Waals surface area contributed by atoms with Crippen LogP contribution in [0.1, 0.15) is 144 Å². The summed E-state index contributed by atoms with van der Waals surface area (Å²) in [6.07, 6.45) is 21.0. The van der Waals surface area contributed by atoms with Gasteiger partial charge < -0.3 is 18.6 Å². The minimum Gasteiger partial charge on any atom is -0.494 e. The lowest BCUT2D eigenvalue weighted by Gasteiger charge is -2.32. The molecule has 2 heterocycles. The molecule has 0 unspecified atom stereocenters. The number of ether oxygens (including phenoxy) is 1. The van der Waals surface area contributed by atoms with Gasteiger partial charge in [-0.05, 0) is 52.7 Å². The number of para-hydroxylation sites is 1. The molecule has 43 heavy (non-hydrogen) atoms.